The van der Waals surface area contributed by atoms with E-state index in [9.17, 15) is 0 Å². The molecule has 0 aromatic heterocycles. The fourth-order valence-corrected chi connectivity index (χ4v) is 2.79. The van der Waals surface area contributed by atoms with Gasteiger partial charge in [0.25, 0.3) is 0 Å². The van der Waals surface area contributed by atoms with E-state index in [1.807, 2.05) is 6.07 Å². The molecule has 2 aliphatic rings. The first-order chi connectivity index (χ1) is 8.31. The highest BCUT2D eigenvalue weighted by atomic mass is 16.5. The van der Waals surface area contributed by atoms with Gasteiger partial charge in [-0.15, -0.1) is 0 Å². The molecule has 0 aliphatic carbocycles. The summed E-state index contributed by atoms with van der Waals surface area (Å²) >= 11 is 0. The molecule has 17 heavy (non-hydrogen) atoms. The fourth-order valence-electron chi connectivity index (χ4n) is 2.79. The molecule has 1 fully saturated rings. The van der Waals surface area contributed by atoms with Crippen LogP contribution in [-0.2, 0) is 4.74 Å². The largest absolute Gasteiger partial charge is 0.497 e. The Labute approximate surface area is 102 Å². The van der Waals surface area contributed by atoms with E-state index in [4.69, 9.17) is 9.47 Å². The lowest BCUT2D eigenvalue weighted by atomic mass is 10.1. The number of nitrogens with zero attached hydrogens (tertiary/aromatic N) is 1. The van der Waals surface area contributed by atoms with Crippen LogP contribution >= 0.6 is 0 Å². The first-order valence-electron chi connectivity index (χ1n) is 6.03. The highest BCUT2D eigenvalue weighted by Gasteiger charge is 2.35. The summed E-state index contributed by atoms with van der Waals surface area (Å²) in [4.78, 5) is 2.44. The van der Waals surface area contributed by atoms with Gasteiger partial charge in [0.2, 0.25) is 0 Å². The van der Waals surface area contributed by atoms with Gasteiger partial charge in [-0.2, -0.15) is 0 Å². The van der Waals surface area contributed by atoms with Crippen molar-refractivity contribution in [1.29, 1.82) is 0 Å². The summed E-state index contributed by atoms with van der Waals surface area (Å²) in [5.41, 5.74) is 2.43. The van der Waals surface area contributed by atoms with E-state index < -0.39 is 0 Å². The lowest BCUT2D eigenvalue weighted by Crippen LogP contribution is -2.39. The van der Waals surface area contributed by atoms with Crippen LogP contribution in [0.15, 0.2) is 18.2 Å². The molecule has 4 nitrogen and oxygen atoms in total. The van der Waals surface area contributed by atoms with Gasteiger partial charge in [0.05, 0.1) is 24.6 Å². The van der Waals surface area contributed by atoms with E-state index in [1.165, 1.54) is 5.69 Å². The van der Waals surface area contributed by atoms with Crippen molar-refractivity contribution in [3.05, 3.63) is 18.2 Å². The molecule has 2 unspecified atom stereocenters. The van der Waals surface area contributed by atoms with E-state index in [1.54, 1.807) is 14.2 Å². The number of hydrogen-bond donors (Lipinski definition) is 1. The Morgan fingerprint density at radius 3 is 3.00 bits per heavy atom. The molecule has 3 rings (SSSR count). The summed E-state index contributed by atoms with van der Waals surface area (Å²) in [6.07, 6.45) is 1.46. The number of nitrogens with one attached hydrogen (secondary N) is 1. The zero-order valence-corrected chi connectivity index (χ0v) is 10.3. The topological polar surface area (TPSA) is 33.7 Å². The van der Waals surface area contributed by atoms with Gasteiger partial charge in [-0.1, -0.05) is 0 Å². The van der Waals surface area contributed by atoms with E-state index in [0.717, 1.165) is 30.9 Å². The average Bonchev–Trinajstić information content (AvgIpc) is 2.81. The fraction of sp³-hybridized carbons (Fsp3) is 0.538. The molecule has 0 amide bonds. The summed E-state index contributed by atoms with van der Waals surface area (Å²) in [6.45, 7) is 1.97. The maximum absolute atomic E-state index is 5.47. The Kier molecular flexibility index (Phi) is 2.59. The zero-order valence-electron chi connectivity index (χ0n) is 10.3. The standard InChI is InChI=1S/C13H18N2O2/c1-16-10-3-4-13-12(6-10)14-7-9-5-11(17-2)8-15(9)13/h3-4,6,9,11,14H,5,7-8H2,1-2H3. The maximum atomic E-state index is 5.47. The van der Waals surface area contributed by atoms with Crippen LogP contribution < -0.4 is 15.0 Å². The minimum atomic E-state index is 0.356. The van der Waals surface area contributed by atoms with Crippen molar-refractivity contribution >= 4 is 11.4 Å². The predicted molar refractivity (Wildman–Crippen MR) is 68.0 cm³/mol. The minimum absolute atomic E-state index is 0.356. The van der Waals surface area contributed by atoms with Crippen molar-refractivity contribution in [1.82, 2.24) is 0 Å². The molecular formula is C13H18N2O2. The van der Waals surface area contributed by atoms with Gasteiger partial charge in [0.15, 0.2) is 0 Å². The van der Waals surface area contributed by atoms with Gasteiger partial charge < -0.3 is 19.7 Å². The van der Waals surface area contributed by atoms with Crippen LogP contribution in [0, 0.1) is 0 Å². The molecule has 2 heterocycles. The second kappa shape index (κ2) is 4.11. The van der Waals surface area contributed by atoms with Gasteiger partial charge in [-0.25, -0.2) is 0 Å². The van der Waals surface area contributed by atoms with Gasteiger partial charge >= 0.3 is 0 Å². The van der Waals surface area contributed by atoms with Gasteiger partial charge in [-0.05, 0) is 18.6 Å². The van der Waals surface area contributed by atoms with E-state index in [2.05, 4.69) is 22.3 Å². The summed E-state index contributed by atoms with van der Waals surface area (Å²) < 4.78 is 10.7. The molecule has 4 heteroatoms. The highest BCUT2D eigenvalue weighted by molar-refractivity contribution is 5.75. The Bertz CT molecular complexity index is 422. The Hall–Kier alpha value is -1.42. The molecule has 2 aliphatic heterocycles. The monoisotopic (exact) mass is 234 g/mol. The van der Waals surface area contributed by atoms with E-state index in [0.29, 0.717) is 12.1 Å². The number of methoxy groups -OCH3 is 2. The predicted octanol–water partition coefficient (Wildman–Crippen LogP) is 1.71. The molecule has 0 saturated carbocycles. The van der Waals surface area contributed by atoms with Crippen LogP contribution in [0.1, 0.15) is 6.42 Å². The van der Waals surface area contributed by atoms with Crippen molar-refractivity contribution in [3.8, 4) is 5.75 Å². The third-order valence-electron chi connectivity index (χ3n) is 3.75. The number of ether oxygens (including phenoxy) is 2. The Balaban J connectivity index is 1.91. The van der Waals surface area contributed by atoms with Gasteiger partial charge in [-0.3, -0.25) is 0 Å². The molecule has 0 spiro atoms. The Morgan fingerprint density at radius 1 is 1.35 bits per heavy atom. The summed E-state index contributed by atoms with van der Waals surface area (Å²) in [5, 5.41) is 3.48. The lowest BCUT2D eigenvalue weighted by molar-refractivity contribution is 0.118. The number of rotatable bonds is 2. The smallest absolute Gasteiger partial charge is 0.121 e. The summed E-state index contributed by atoms with van der Waals surface area (Å²) in [7, 11) is 3.50. The lowest BCUT2D eigenvalue weighted by Gasteiger charge is -2.34. The second-order valence-corrected chi connectivity index (χ2v) is 4.66. The highest BCUT2D eigenvalue weighted by Crippen LogP contribution is 2.38. The second-order valence-electron chi connectivity index (χ2n) is 4.66. The third-order valence-corrected chi connectivity index (χ3v) is 3.75. The van der Waals surface area contributed by atoms with Crippen molar-refractivity contribution in [2.24, 2.45) is 0 Å². The molecule has 92 valence electrons. The Morgan fingerprint density at radius 2 is 2.24 bits per heavy atom. The number of fused-ring (bicyclic) bond motifs is 3. The van der Waals surface area contributed by atoms with Gasteiger partial charge in [0.1, 0.15) is 5.75 Å². The van der Waals surface area contributed by atoms with E-state index in [-0.39, 0.29) is 0 Å². The number of hydrogen-bond acceptors (Lipinski definition) is 4. The van der Waals surface area contributed by atoms with Crippen molar-refractivity contribution in [2.75, 3.05) is 37.5 Å². The quantitative estimate of drug-likeness (QED) is 0.844. The molecule has 0 radical (unpaired) electrons. The van der Waals surface area contributed by atoms with Gasteiger partial charge in [0, 0.05) is 32.3 Å². The third kappa shape index (κ3) is 1.72. The maximum Gasteiger partial charge on any atom is 0.121 e. The van der Waals surface area contributed by atoms with Crippen LogP contribution in [0.4, 0.5) is 11.4 Å². The number of benzene rings is 1. The van der Waals surface area contributed by atoms with Crippen LogP contribution in [0.2, 0.25) is 0 Å². The molecule has 1 saturated heterocycles. The summed E-state index contributed by atoms with van der Waals surface area (Å²) in [6, 6.07) is 6.76. The first-order valence-corrected chi connectivity index (χ1v) is 6.03. The summed E-state index contributed by atoms with van der Waals surface area (Å²) in [5.74, 6) is 0.900. The molecule has 2 atom stereocenters. The van der Waals surface area contributed by atoms with Crippen LogP contribution in [0.25, 0.3) is 0 Å². The van der Waals surface area contributed by atoms with Crippen LogP contribution in [0.3, 0.4) is 0 Å². The zero-order chi connectivity index (χ0) is 11.8. The van der Waals surface area contributed by atoms with E-state index >= 15 is 0 Å². The normalized spacial score (nSPS) is 26.1. The van der Waals surface area contributed by atoms with Crippen LogP contribution in [0.5, 0.6) is 5.75 Å². The molecule has 1 aromatic carbocycles. The minimum Gasteiger partial charge on any atom is -0.497 e. The molecule has 1 aromatic rings. The first kappa shape index (κ1) is 10.7. The average molecular weight is 234 g/mol. The molecular weight excluding hydrogens is 216 g/mol. The van der Waals surface area contributed by atoms with Crippen molar-refractivity contribution in [2.45, 2.75) is 18.6 Å². The van der Waals surface area contributed by atoms with Crippen molar-refractivity contribution < 1.29 is 9.47 Å². The molecule has 0 bridgehead atoms. The van der Waals surface area contributed by atoms with Crippen LogP contribution in [-0.4, -0.2) is 39.5 Å². The molecule has 1 N–H and O–H groups in total. The SMILES string of the molecule is COc1ccc2c(c1)NCC1CC(OC)CN21. The number of anilines is 2. The van der Waals surface area contributed by atoms with Crippen molar-refractivity contribution in [3.63, 3.8) is 0 Å².